The van der Waals surface area contributed by atoms with Gasteiger partial charge in [0.05, 0.1) is 0 Å². The fourth-order valence-corrected chi connectivity index (χ4v) is 3.43. The van der Waals surface area contributed by atoms with E-state index in [0.717, 1.165) is 29.5 Å². The predicted octanol–water partition coefficient (Wildman–Crippen LogP) is 3.07. The lowest BCUT2D eigenvalue weighted by atomic mass is 10.0. The summed E-state index contributed by atoms with van der Waals surface area (Å²) in [6, 6.07) is 13.3. The van der Waals surface area contributed by atoms with Crippen LogP contribution in [0.4, 0.5) is 4.79 Å². The van der Waals surface area contributed by atoms with E-state index >= 15 is 0 Å². The molecule has 2 aromatic carbocycles. The van der Waals surface area contributed by atoms with Crippen LogP contribution in [0, 0.1) is 0 Å². The lowest BCUT2D eigenvalue weighted by Gasteiger charge is -2.15. The second-order valence-corrected chi connectivity index (χ2v) is 6.65. The first-order valence-electron chi connectivity index (χ1n) is 9.54. The molecule has 6 heteroatoms. The molecule has 0 spiro atoms. The Morgan fingerprint density at radius 2 is 2.00 bits per heavy atom. The van der Waals surface area contributed by atoms with Gasteiger partial charge >= 0.3 is 12.1 Å². The van der Waals surface area contributed by atoms with Crippen molar-refractivity contribution in [2.24, 2.45) is 5.73 Å². The third-order valence-electron chi connectivity index (χ3n) is 4.83. The molecule has 0 bridgehead atoms. The van der Waals surface area contributed by atoms with Crippen LogP contribution in [-0.2, 0) is 22.6 Å². The summed E-state index contributed by atoms with van der Waals surface area (Å²) in [5.74, 6) is -0.815. The Morgan fingerprint density at radius 3 is 2.81 bits per heavy atom. The normalized spacial score (nSPS) is 13.1. The summed E-state index contributed by atoms with van der Waals surface area (Å²) in [7, 11) is 0. The first kappa shape index (κ1) is 17.5. The minimum atomic E-state index is -0.915. The van der Waals surface area contributed by atoms with Gasteiger partial charge in [0.15, 0.2) is 0 Å². The van der Waals surface area contributed by atoms with E-state index in [-0.39, 0.29) is 6.61 Å². The molecule has 1 amide bonds. The van der Waals surface area contributed by atoms with Crippen molar-refractivity contribution in [1.29, 1.82) is 1.43 Å². The standard InChI is InChI=1S/C21H24N2O4/c22-11-4-3-10-19(20(24)25)23-21(26)27-13-15-7-5-9-17-16-8-2-1-6-14(16)12-18(15)17/h1-2,5-9,19H,3-4,10-13,22H2,(H,23,26)(H,24,25)/t19-/m0/s1/i/hD. The molecule has 4 N–H and O–H groups in total. The fourth-order valence-electron chi connectivity index (χ4n) is 3.43. The Kier molecular flexibility index (Phi) is 5.64. The number of carboxylic acid groups (broad SMARTS) is 1. The number of carbonyl (C=O) groups is 2. The first-order valence-corrected chi connectivity index (χ1v) is 9.13. The van der Waals surface area contributed by atoms with Gasteiger partial charge in [-0.3, -0.25) is 0 Å². The highest BCUT2D eigenvalue weighted by Gasteiger charge is 2.22. The number of carbonyl (C=O) groups excluding carboxylic acids is 1. The number of hydrogen-bond donors (Lipinski definition) is 3. The van der Waals surface area contributed by atoms with E-state index in [1.54, 1.807) is 0 Å². The lowest BCUT2D eigenvalue weighted by molar-refractivity contribution is -0.139. The van der Waals surface area contributed by atoms with Crippen molar-refractivity contribution in [2.75, 3.05) is 6.54 Å². The maximum absolute atomic E-state index is 12.2. The predicted molar refractivity (Wildman–Crippen MR) is 102 cm³/mol. The van der Waals surface area contributed by atoms with Crippen molar-refractivity contribution >= 4 is 12.1 Å². The van der Waals surface area contributed by atoms with Gasteiger partial charge in [0.25, 0.3) is 1.43 Å². The molecule has 2 aromatic rings. The molecule has 0 saturated heterocycles. The first-order chi connectivity index (χ1) is 13.6. The van der Waals surface area contributed by atoms with Gasteiger partial charge in [0.2, 0.25) is 0 Å². The van der Waals surface area contributed by atoms with Crippen LogP contribution in [0.25, 0.3) is 12.6 Å². The summed E-state index contributed by atoms with van der Waals surface area (Å²) < 4.78 is 12.1. The third-order valence-corrected chi connectivity index (χ3v) is 4.83. The van der Waals surface area contributed by atoms with E-state index in [2.05, 4.69) is 28.6 Å². The van der Waals surface area contributed by atoms with Crippen LogP contribution < -0.4 is 11.1 Å². The Labute approximate surface area is 159 Å². The Bertz CT molecular complexity index is 856. The van der Waals surface area contributed by atoms with Gasteiger partial charge in [-0.2, -0.15) is 0 Å². The molecule has 0 aliphatic heterocycles. The van der Waals surface area contributed by atoms with Crippen LogP contribution in [0.1, 0.15) is 36.0 Å². The van der Waals surface area contributed by atoms with Gasteiger partial charge in [-0.1, -0.05) is 42.5 Å². The highest BCUT2D eigenvalue weighted by Crippen LogP contribution is 2.38. The Morgan fingerprint density at radius 1 is 1.19 bits per heavy atom. The smallest absolute Gasteiger partial charge is 0.408 e. The van der Waals surface area contributed by atoms with Crippen LogP contribution >= 0.6 is 0 Å². The van der Waals surface area contributed by atoms with Crippen LogP contribution in [0.15, 0.2) is 42.5 Å². The number of alkyl carbamates (subject to hydrolysis) is 1. The molecule has 0 fully saturated rings. The van der Waals surface area contributed by atoms with Gasteiger partial charge in [-0.05, 0) is 60.0 Å². The van der Waals surface area contributed by atoms with E-state index in [1.807, 2.05) is 24.3 Å². The summed E-state index contributed by atoms with van der Waals surface area (Å²) in [6.07, 6.45) is 1.80. The van der Waals surface area contributed by atoms with Gasteiger partial charge in [0.1, 0.15) is 12.6 Å². The number of nitrogens with one attached hydrogen (secondary N) is 1. The monoisotopic (exact) mass is 369 g/mol. The average Bonchev–Trinajstić information content (AvgIpc) is 3.10. The molecule has 6 nitrogen and oxygen atoms in total. The number of fused-ring (bicyclic) bond motifs is 3. The zero-order valence-electron chi connectivity index (χ0n) is 16.1. The van der Waals surface area contributed by atoms with Crippen molar-refractivity contribution in [3.8, 4) is 11.1 Å². The van der Waals surface area contributed by atoms with Gasteiger partial charge in [-0.25, -0.2) is 9.59 Å². The topological polar surface area (TPSA) is 102 Å². The van der Waals surface area contributed by atoms with Crippen LogP contribution in [0.5, 0.6) is 0 Å². The van der Waals surface area contributed by atoms with Gasteiger partial charge < -0.3 is 20.9 Å². The number of carboxylic acids is 1. The molecule has 0 unspecified atom stereocenters. The number of amides is 1. The zero-order valence-corrected chi connectivity index (χ0v) is 15.1. The molecule has 0 saturated carbocycles. The Balaban J connectivity index is 1.61. The number of rotatable bonds is 8. The summed E-state index contributed by atoms with van der Waals surface area (Å²) in [4.78, 5) is 23.9. The van der Waals surface area contributed by atoms with E-state index in [9.17, 15) is 9.59 Å². The van der Waals surface area contributed by atoms with E-state index in [0.29, 0.717) is 19.4 Å². The number of aliphatic carboxylic acids is 1. The maximum Gasteiger partial charge on any atom is 0.408 e. The third kappa shape index (κ3) is 4.46. The van der Waals surface area contributed by atoms with Gasteiger partial charge in [-0.15, -0.1) is 0 Å². The quantitative estimate of drug-likeness (QED) is 0.530. The van der Waals surface area contributed by atoms with Crippen molar-refractivity contribution in [1.82, 2.24) is 5.32 Å². The molecule has 0 radical (unpaired) electrons. The van der Waals surface area contributed by atoms with Crippen LogP contribution in [0.3, 0.4) is 0 Å². The van der Waals surface area contributed by atoms with E-state index < -0.39 is 18.1 Å². The van der Waals surface area contributed by atoms with E-state index in [1.165, 1.54) is 11.1 Å². The largest absolute Gasteiger partial charge is 0.480 e. The maximum atomic E-state index is 12.2. The number of hydrogen-bond acceptors (Lipinski definition) is 5. The fraction of sp³-hybridized carbons (Fsp3) is 0.333. The van der Waals surface area contributed by atoms with Crippen molar-refractivity contribution in [2.45, 2.75) is 38.3 Å². The Hall–Kier alpha value is -2.86. The van der Waals surface area contributed by atoms with Crippen molar-refractivity contribution in [3.05, 3.63) is 59.2 Å². The minimum Gasteiger partial charge on any atom is -0.480 e. The molecule has 27 heavy (non-hydrogen) atoms. The molecule has 1 aliphatic carbocycles. The lowest BCUT2D eigenvalue weighted by Crippen LogP contribution is -2.41. The SMILES string of the molecule is [2H]OC(=O)[C@H](CCCCN)NC(=O)OCc1cccc2c1Cc1ccccc1-2. The zero-order chi connectivity index (χ0) is 19.9. The highest BCUT2D eigenvalue weighted by molar-refractivity contribution is 5.80. The highest BCUT2D eigenvalue weighted by atomic mass is 16.5. The summed E-state index contributed by atoms with van der Waals surface area (Å²) >= 11 is 0. The number of ether oxygens (including phenoxy) is 1. The van der Waals surface area contributed by atoms with Crippen molar-refractivity contribution in [3.63, 3.8) is 0 Å². The second-order valence-electron chi connectivity index (χ2n) is 6.65. The molecule has 0 heterocycles. The minimum absolute atomic E-state index is 0.106. The molecule has 0 aromatic heterocycles. The number of unbranched alkanes of at least 4 members (excludes halogenated alkanes) is 1. The van der Waals surface area contributed by atoms with Crippen LogP contribution in [-0.4, -0.2) is 29.8 Å². The summed E-state index contributed by atoms with van der Waals surface area (Å²) in [5, 5.41) is 6.50. The summed E-state index contributed by atoms with van der Waals surface area (Å²) in [6.45, 7) is 0.600. The second kappa shape index (κ2) is 8.68. The molecular weight excluding hydrogens is 344 g/mol. The van der Waals surface area contributed by atoms with Gasteiger partial charge in [0, 0.05) is 0 Å². The molecular formula is C21H24N2O4. The summed E-state index contributed by atoms with van der Waals surface area (Å²) in [5.41, 5.74) is 11.2. The number of nitrogens with two attached hydrogens (primary N) is 1. The average molecular weight is 369 g/mol. The molecule has 1 atom stereocenters. The molecule has 3 rings (SSSR count). The molecule has 1 aliphatic rings. The van der Waals surface area contributed by atoms with Crippen LogP contribution in [0.2, 0.25) is 0 Å². The number of benzene rings is 2. The van der Waals surface area contributed by atoms with Crippen molar-refractivity contribution < 1.29 is 19.4 Å². The molecule has 142 valence electrons. The van der Waals surface area contributed by atoms with E-state index in [4.69, 9.17) is 11.9 Å².